The smallest absolute Gasteiger partial charge is 0.307 e. The van der Waals surface area contributed by atoms with E-state index in [1.54, 1.807) is 0 Å². The van der Waals surface area contributed by atoms with Crippen molar-refractivity contribution in [2.45, 2.75) is 66.2 Å². The molecule has 5 unspecified atom stereocenters. The molecule has 144 valence electrons. The quantitative estimate of drug-likeness (QED) is 0.407. The van der Waals surface area contributed by atoms with Crippen molar-refractivity contribution in [2.75, 3.05) is 0 Å². The molecule has 2 fully saturated rings. The third-order valence-electron chi connectivity index (χ3n) is 8.17. The summed E-state index contributed by atoms with van der Waals surface area (Å²) < 4.78 is 5.62. The van der Waals surface area contributed by atoms with E-state index < -0.39 is 0 Å². The minimum absolute atomic E-state index is 0.0850. The molecule has 7 atom stereocenters. The zero-order chi connectivity index (χ0) is 19.1. The highest BCUT2D eigenvalue weighted by Crippen LogP contribution is 2.65. The summed E-state index contributed by atoms with van der Waals surface area (Å²) in [7, 11) is 0. The highest BCUT2D eigenvalue weighted by atomic mass is 16.5. The monoisotopic (exact) mass is 356 g/mol. The molecule has 0 spiro atoms. The number of carbonyl (C=O) groups excluding carboxylic acids is 1. The average Bonchev–Trinajstić information content (AvgIpc) is 2.93. The van der Waals surface area contributed by atoms with Crippen LogP contribution in [-0.2, 0) is 9.53 Å². The fourth-order valence-corrected chi connectivity index (χ4v) is 6.84. The van der Waals surface area contributed by atoms with E-state index in [1.807, 2.05) is 0 Å². The van der Waals surface area contributed by atoms with Crippen molar-refractivity contribution in [3.63, 3.8) is 0 Å². The molecule has 0 N–H and O–H groups in total. The van der Waals surface area contributed by atoms with Gasteiger partial charge in [-0.2, -0.15) is 0 Å². The highest BCUT2D eigenvalue weighted by Gasteiger charge is 2.58. The molecule has 0 aromatic rings. The second-order valence-electron chi connectivity index (χ2n) is 9.44. The van der Waals surface area contributed by atoms with Crippen molar-refractivity contribution in [1.82, 2.24) is 0 Å². The number of ether oxygens (including phenoxy) is 1. The van der Waals surface area contributed by atoms with Crippen LogP contribution in [0.4, 0.5) is 0 Å². The number of carbonyl (C=O) groups is 1. The first-order valence-electron chi connectivity index (χ1n) is 10.4. The van der Waals surface area contributed by atoms with Gasteiger partial charge in [0.05, 0.1) is 0 Å². The Kier molecular flexibility index (Phi) is 5.25. The molecule has 2 nitrogen and oxygen atoms in total. The largest absolute Gasteiger partial charge is 0.431 e. The Morgan fingerprint density at radius 2 is 1.92 bits per heavy atom. The minimum Gasteiger partial charge on any atom is -0.431 e. The maximum atomic E-state index is 11.5. The van der Waals surface area contributed by atoms with E-state index in [-0.39, 0.29) is 11.4 Å². The van der Waals surface area contributed by atoms with E-state index in [2.05, 4.69) is 52.2 Å². The molecule has 4 aliphatic carbocycles. The van der Waals surface area contributed by atoms with Gasteiger partial charge in [-0.15, -0.1) is 13.2 Å². The molecule has 0 saturated heterocycles. The van der Waals surface area contributed by atoms with E-state index in [0.29, 0.717) is 11.3 Å². The Hall–Kier alpha value is -1.31. The van der Waals surface area contributed by atoms with Crippen molar-refractivity contribution in [3.05, 3.63) is 37.1 Å². The second kappa shape index (κ2) is 7.02. The normalized spacial score (nSPS) is 46.0. The van der Waals surface area contributed by atoms with Gasteiger partial charge in [-0.3, -0.25) is 4.79 Å². The molecule has 0 radical (unpaired) electrons. The van der Waals surface area contributed by atoms with Gasteiger partial charge in [0.1, 0.15) is 5.76 Å². The van der Waals surface area contributed by atoms with Gasteiger partial charge in [0.25, 0.3) is 0 Å². The van der Waals surface area contributed by atoms with Crippen LogP contribution in [0.5, 0.6) is 0 Å². The Bertz CT molecular complexity index is 618. The maximum absolute atomic E-state index is 11.5. The lowest BCUT2D eigenvalue weighted by molar-refractivity contribution is -0.141. The van der Waals surface area contributed by atoms with Crippen molar-refractivity contribution in [2.24, 2.45) is 40.4 Å². The fourth-order valence-electron chi connectivity index (χ4n) is 6.84. The zero-order valence-electron chi connectivity index (χ0n) is 17.1. The molecule has 4 rings (SSSR count). The van der Waals surface area contributed by atoms with Gasteiger partial charge in [-0.1, -0.05) is 32.9 Å². The number of hydrogen-bond donors (Lipinski definition) is 0. The van der Waals surface area contributed by atoms with Crippen LogP contribution in [-0.4, -0.2) is 5.97 Å². The molecule has 0 amide bonds. The summed E-state index contributed by atoms with van der Waals surface area (Å²) in [6.07, 6.45) is 14.9. The number of esters is 1. The van der Waals surface area contributed by atoms with Gasteiger partial charge in [0.15, 0.2) is 0 Å². The van der Waals surface area contributed by atoms with Crippen LogP contribution in [0.2, 0.25) is 0 Å². The van der Waals surface area contributed by atoms with E-state index in [1.165, 1.54) is 39.0 Å². The van der Waals surface area contributed by atoms with Crippen LogP contribution in [0.3, 0.4) is 0 Å². The lowest BCUT2D eigenvalue weighted by Crippen LogP contribution is -2.52. The fraction of sp³-hybridized carbons (Fsp3) is 0.708. The van der Waals surface area contributed by atoms with Gasteiger partial charge in [0, 0.05) is 12.3 Å². The molecule has 0 aliphatic heterocycles. The first kappa shape index (κ1) is 19.5. The zero-order valence-corrected chi connectivity index (χ0v) is 17.1. The predicted molar refractivity (Wildman–Crippen MR) is 107 cm³/mol. The maximum Gasteiger partial charge on any atom is 0.307 e. The first-order valence-corrected chi connectivity index (χ1v) is 10.4. The molecule has 0 heterocycles. The summed E-state index contributed by atoms with van der Waals surface area (Å²) in [4.78, 5) is 11.5. The van der Waals surface area contributed by atoms with Crippen LogP contribution in [0.15, 0.2) is 37.1 Å². The Balaban J connectivity index is 0.000000948. The average molecular weight is 357 g/mol. The molecule has 4 aliphatic rings. The van der Waals surface area contributed by atoms with E-state index in [9.17, 15) is 4.79 Å². The third kappa shape index (κ3) is 2.90. The van der Waals surface area contributed by atoms with Gasteiger partial charge in [-0.05, 0) is 79.6 Å². The van der Waals surface area contributed by atoms with Crippen LogP contribution < -0.4 is 0 Å². The molecular weight excluding hydrogens is 320 g/mol. The Morgan fingerprint density at radius 3 is 2.62 bits per heavy atom. The summed E-state index contributed by atoms with van der Waals surface area (Å²) in [6.45, 7) is 14.8. The molecule has 2 saturated carbocycles. The molecule has 0 bridgehead atoms. The van der Waals surface area contributed by atoms with Crippen LogP contribution >= 0.6 is 0 Å². The van der Waals surface area contributed by atoms with Gasteiger partial charge < -0.3 is 4.74 Å². The Morgan fingerprint density at radius 1 is 1.19 bits per heavy atom. The predicted octanol–water partition coefficient (Wildman–Crippen LogP) is 6.30. The lowest BCUT2D eigenvalue weighted by Gasteiger charge is -2.59. The van der Waals surface area contributed by atoms with E-state index in [4.69, 9.17) is 4.74 Å². The number of allylic oxidation sites excluding steroid dienone is 4. The topological polar surface area (TPSA) is 26.3 Å². The standard InChI is InChI=1S/C22H32O2.C2H4/c1-14-9-11-21(3)16(13-14)5-6-17-18-7-8-20(24-15(2)23)22(18,4)12-10-19(17)21;1-2/h8-9,11,14,16-19H,5-7,10,12-13H2,1-4H3;1-2H2/t14?,16?,17?,18?,19?,21-,22-;/m0./s1. The first-order chi connectivity index (χ1) is 12.3. The van der Waals surface area contributed by atoms with E-state index in [0.717, 1.165) is 35.9 Å². The van der Waals surface area contributed by atoms with E-state index >= 15 is 0 Å². The summed E-state index contributed by atoms with van der Waals surface area (Å²) in [5, 5.41) is 0. The van der Waals surface area contributed by atoms with Crippen molar-refractivity contribution >= 4 is 5.97 Å². The van der Waals surface area contributed by atoms with Gasteiger partial charge >= 0.3 is 5.97 Å². The summed E-state index contributed by atoms with van der Waals surface area (Å²) in [5.41, 5.74) is 0.475. The minimum atomic E-state index is -0.162. The molecule has 2 heteroatoms. The van der Waals surface area contributed by atoms with Gasteiger partial charge in [-0.25, -0.2) is 0 Å². The van der Waals surface area contributed by atoms with Crippen LogP contribution in [0.25, 0.3) is 0 Å². The SMILES string of the molecule is C=C.CC(=O)OC1=CCC2C3CCC4CC(C)C=C[C@]4(C)C3CC[C@]12C. The third-order valence-corrected chi connectivity index (χ3v) is 8.17. The lowest BCUT2D eigenvalue weighted by atomic mass is 9.46. The number of fused-ring (bicyclic) bond motifs is 5. The second-order valence-corrected chi connectivity index (χ2v) is 9.44. The number of rotatable bonds is 1. The van der Waals surface area contributed by atoms with Crippen molar-refractivity contribution < 1.29 is 9.53 Å². The molecule has 26 heavy (non-hydrogen) atoms. The summed E-state index contributed by atoms with van der Waals surface area (Å²) in [6, 6.07) is 0. The molecule has 0 aromatic carbocycles. The van der Waals surface area contributed by atoms with Crippen LogP contribution in [0.1, 0.15) is 66.2 Å². The van der Waals surface area contributed by atoms with Gasteiger partial charge in [0.2, 0.25) is 0 Å². The van der Waals surface area contributed by atoms with Crippen molar-refractivity contribution in [3.8, 4) is 0 Å². The molecular formula is C24H36O2. The molecule has 0 aromatic heterocycles. The van der Waals surface area contributed by atoms with Crippen molar-refractivity contribution in [1.29, 1.82) is 0 Å². The summed E-state index contributed by atoms with van der Waals surface area (Å²) >= 11 is 0. The number of hydrogen-bond acceptors (Lipinski definition) is 2. The Labute approximate surface area is 159 Å². The summed E-state index contributed by atoms with van der Waals surface area (Å²) in [5.74, 6) is 4.68. The van der Waals surface area contributed by atoms with Crippen LogP contribution in [0, 0.1) is 40.4 Å². The highest BCUT2D eigenvalue weighted by molar-refractivity contribution is 5.67.